The molecule has 0 aliphatic rings. The molecule has 0 amide bonds. The van der Waals surface area contributed by atoms with Crippen molar-refractivity contribution in [2.45, 2.75) is 18.2 Å². The monoisotopic (exact) mass is 239 g/mol. The predicted molar refractivity (Wildman–Crippen MR) is 67.2 cm³/mol. The van der Waals surface area contributed by atoms with Gasteiger partial charge in [-0.2, -0.15) is 0 Å². The van der Waals surface area contributed by atoms with Crippen LogP contribution in [0.15, 0.2) is 22.5 Å². The summed E-state index contributed by atoms with van der Waals surface area (Å²) in [6.07, 6.45) is 0. The summed E-state index contributed by atoms with van der Waals surface area (Å²) in [7, 11) is 0. The van der Waals surface area contributed by atoms with Gasteiger partial charge in [-0.25, -0.2) is 4.98 Å². The highest BCUT2D eigenvalue weighted by Crippen LogP contribution is 2.31. The Bertz CT molecular complexity index is 449. The molecule has 0 radical (unpaired) electrons. The number of ether oxygens (including phenoxy) is 1. The van der Waals surface area contributed by atoms with Crippen LogP contribution in [0.2, 0.25) is 0 Å². The van der Waals surface area contributed by atoms with E-state index in [-0.39, 0.29) is 0 Å². The van der Waals surface area contributed by atoms with Crippen LogP contribution < -0.4 is 4.74 Å². The fraction of sp³-hybridized carbons (Fsp3) is 0.364. The summed E-state index contributed by atoms with van der Waals surface area (Å²) in [5.74, 6) is 2.00. The minimum absolute atomic E-state index is 0.709. The molecular formula is C11H13NOS2. The van der Waals surface area contributed by atoms with Gasteiger partial charge >= 0.3 is 0 Å². The molecule has 0 fully saturated rings. The maximum absolute atomic E-state index is 5.46. The zero-order chi connectivity index (χ0) is 10.7. The van der Waals surface area contributed by atoms with Crippen molar-refractivity contribution < 1.29 is 4.74 Å². The van der Waals surface area contributed by atoms with Gasteiger partial charge in [-0.05, 0) is 30.9 Å². The van der Waals surface area contributed by atoms with Crippen LogP contribution in [-0.2, 0) is 0 Å². The van der Waals surface area contributed by atoms with Gasteiger partial charge in [0.05, 0.1) is 16.8 Å². The Morgan fingerprint density at radius 1 is 1.40 bits per heavy atom. The van der Waals surface area contributed by atoms with E-state index >= 15 is 0 Å². The topological polar surface area (TPSA) is 22.1 Å². The minimum Gasteiger partial charge on any atom is -0.494 e. The predicted octanol–water partition coefficient (Wildman–Crippen LogP) is 3.81. The molecule has 2 nitrogen and oxygen atoms in total. The maximum Gasteiger partial charge on any atom is 0.151 e. The molecule has 15 heavy (non-hydrogen) atoms. The summed E-state index contributed by atoms with van der Waals surface area (Å²) >= 11 is 3.52. The number of aromatic nitrogens is 1. The second-order valence-corrected chi connectivity index (χ2v) is 5.52. The fourth-order valence-electron chi connectivity index (χ4n) is 1.33. The van der Waals surface area contributed by atoms with Crippen molar-refractivity contribution in [3.8, 4) is 5.75 Å². The first-order chi connectivity index (χ1) is 7.33. The highest BCUT2D eigenvalue weighted by Gasteiger charge is 2.04. The van der Waals surface area contributed by atoms with Crippen LogP contribution in [0.25, 0.3) is 10.2 Å². The number of thiazole rings is 1. The van der Waals surface area contributed by atoms with Gasteiger partial charge in [0.1, 0.15) is 5.75 Å². The van der Waals surface area contributed by atoms with Crippen molar-refractivity contribution >= 4 is 33.3 Å². The van der Waals surface area contributed by atoms with Crippen LogP contribution in [0.4, 0.5) is 0 Å². The first-order valence-corrected chi connectivity index (χ1v) is 6.80. The van der Waals surface area contributed by atoms with E-state index in [0.717, 1.165) is 21.4 Å². The van der Waals surface area contributed by atoms with Gasteiger partial charge in [0.2, 0.25) is 0 Å². The lowest BCUT2D eigenvalue weighted by molar-refractivity contribution is 0.341. The third-order valence-corrected chi connectivity index (χ3v) is 3.96. The van der Waals surface area contributed by atoms with Gasteiger partial charge in [-0.3, -0.25) is 0 Å². The molecule has 0 saturated heterocycles. The standard InChI is InChI=1S/C11H13NOS2/c1-3-13-8-5-6-9-10(7-8)15-11(12-9)14-4-2/h5-7H,3-4H2,1-2H3. The molecule has 0 atom stereocenters. The molecule has 0 aliphatic heterocycles. The summed E-state index contributed by atoms with van der Waals surface area (Å²) in [6, 6.07) is 6.07. The molecule has 1 aromatic heterocycles. The summed E-state index contributed by atoms with van der Waals surface area (Å²) in [5.41, 5.74) is 1.07. The van der Waals surface area contributed by atoms with Crippen molar-refractivity contribution in [2.75, 3.05) is 12.4 Å². The lowest BCUT2D eigenvalue weighted by atomic mass is 10.3. The van der Waals surface area contributed by atoms with Gasteiger partial charge in [0.25, 0.3) is 0 Å². The van der Waals surface area contributed by atoms with E-state index in [2.05, 4.69) is 18.0 Å². The molecule has 0 N–H and O–H groups in total. The van der Waals surface area contributed by atoms with Crippen LogP contribution in [0, 0.1) is 0 Å². The van der Waals surface area contributed by atoms with Crippen molar-refractivity contribution in [1.29, 1.82) is 0 Å². The van der Waals surface area contributed by atoms with Crippen molar-refractivity contribution in [3.63, 3.8) is 0 Å². The molecule has 0 spiro atoms. The normalized spacial score (nSPS) is 10.8. The first-order valence-electron chi connectivity index (χ1n) is 4.99. The molecular weight excluding hydrogens is 226 g/mol. The van der Waals surface area contributed by atoms with Crippen LogP contribution in [0.3, 0.4) is 0 Å². The SMILES string of the molecule is CCOc1ccc2nc(SCC)sc2c1. The van der Waals surface area contributed by atoms with Crippen molar-refractivity contribution in [1.82, 2.24) is 4.98 Å². The lowest BCUT2D eigenvalue weighted by Gasteiger charge is -2.00. The molecule has 0 bridgehead atoms. The first kappa shape index (κ1) is 10.8. The van der Waals surface area contributed by atoms with E-state index in [1.54, 1.807) is 23.1 Å². The van der Waals surface area contributed by atoms with E-state index in [4.69, 9.17) is 4.74 Å². The number of benzene rings is 1. The number of nitrogens with zero attached hydrogens (tertiary/aromatic N) is 1. The Kier molecular flexibility index (Phi) is 3.49. The second-order valence-electron chi connectivity index (χ2n) is 2.98. The number of rotatable bonds is 4. The van der Waals surface area contributed by atoms with Crippen LogP contribution in [-0.4, -0.2) is 17.3 Å². The summed E-state index contributed by atoms with van der Waals surface area (Å²) in [5, 5.41) is 0. The smallest absolute Gasteiger partial charge is 0.151 e. The molecule has 0 saturated carbocycles. The third kappa shape index (κ3) is 2.44. The Morgan fingerprint density at radius 2 is 2.27 bits per heavy atom. The Hall–Kier alpha value is -0.740. The zero-order valence-electron chi connectivity index (χ0n) is 8.82. The Morgan fingerprint density at radius 3 is 3.00 bits per heavy atom. The largest absolute Gasteiger partial charge is 0.494 e. The van der Waals surface area contributed by atoms with Crippen molar-refractivity contribution in [3.05, 3.63) is 18.2 Å². The lowest BCUT2D eigenvalue weighted by Crippen LogP contribution is -1.89. The zero-order valence-corrected chi connectivity index (χ0v) is 10.5. The van der Waals surface area contributed by atoms with Gasteiger partial charge in [0, 0.05) is 0 Å². The highest BCUT2D eigenvalue weighted by atomic mass is 32.2. The molecule has 2 aromatic rings. The quantitative estimate of drug-likeness (QED) is 0.757. The molecule has 0 unspecified atom stereocenters. The maximum atomic E-state index is 5.46. The van der Waals surface area contributed by atoms with E-state index in [9.17, 15) is 0 Å². The number of fused-ring (bicyclic) bond motifs is 1. The van der Waals surface area contributed by atoms with Crippen molar-refractivity contribution in [2.24, 2.45) is 0 Å². The number of hydrogen-bond donors (Lipinski definition) is 0. The van der Waals surface area contributed by atoms with Gasteiger partial charge in [0.15, 0.2) is 4.34 Å². The number of thioether (sulfide) groups is 1. The highest BCUT2D eigenvalue weighted by molar-refractivity contribution is 8.01. The molecule has 4 heteroatoms. The Labute approximate surface area is 97.7 Å². The average Bonchev–Trinajstić information content (AvgIpc) is 2.60. The Balaban J connectivity index is 2.34. The molecule has 0 aliphatic carbocycles. The summed E-state index contributed by atoms with van der Waals surface area (Å²) in [4.78, 5) is 4.53. The molecule has 1 aromatic carbocycles. The molecule has 1 heterocycles. The number of hydrogen-bond acceptors (Lipinski definition) is 4. The van der Waals surface area contributed by atoms with E-state index < -0.39 is 0 Å². The van der Waals surface area contributed by atoms with E-state index in [1.807, 2.05) is 19.1 Å². The average molecular weight is 239 g/mol. The second kappa shape index (κ2) is 4.86. The van der Waals surface area contributed by atoms with Crippen LogP contribution in [0.1, 0.15) is 13.8 Å². The summed E-state index contributed by atoms with van der Waals surface area (Å²) < 4.78 is 7.80. The third-order valence-electron chi connectivity index (χ3n) is 1.92. The summed E-state index contributed by atoms with van der Waals surface area (Å²) in [6.45, 7) is 4.85. The molecule has 80 valence electrons. The van der Waals surface area contributed by atoms with Gasteiger partial charge in [-0.1, -0.05) is 18.7 Å². The molecule has 2 rings (SSSR count). The van der Waals surface area contributed by atoms with Crippen LogP contribution >= 0.6 is 23.1 Å². The van der Waals surface area contributed by atoms with E-state index in [0.29, 0.717) is 6.61 Å². The van der Waals surface area contributed by atoms with E-state index in [1.165, 1.54) is 4.70 Å². The minimum atomic E-state index is 0.709. The van der Waals surface area contributed by atoms with Gasteiger partial charge < -0.3 is 4.74 Å². The fourth-order valence-corrected chi connectivity index (χ4v) is 3.32. The van der Waals surface area contributed by atoms with Gasteiger partial charge in [-0.15, -0.1) is 11.3 Å². The van der Waals surface area contributed by atoms with Crippen LogP contribution in [0.5, 0.6) is 5.75 Å².